The molecule has 0 N–H and O–H groups in total. The van der Waals surface area contributed by atoms with Gasteiger partial charge < -0.3 is 4.90 Å². The molecule has 2 aromatic carbocycles. The molecule has 132 valence electrons. The first kappa shape index (κ1) is 18.2. The number of thiazole rings is 1. The number of nitrogens with zero attached hydrogens (tertiary/aromatic N) is 2. The van der Waals surface area contributed by atoms with Gasteiger partial charge in [0.2, 0.25) is 0 Å². The maximum atomic E-state index is 4.74. The van der Waals surface area contributed by atoms with Crippen molar-refractivity contribution in [1.29, 1.82) is 0 Å². The molecule has 0 aliphatic carbocycles. The van der Waals surface area contributed by atoms with Crippen LogP contribution in [0, 0.1) is 6.92 Å². The van der Waals surface area contributed by atoms with Crippen molar-refractivity contribution in [2.45, 2.75) is 27.3 Å². The van der Waals surface area contributed by atoms with Crippen LogP contribution in [-0.2, 0) is 6.54 Å². The molecular weight excluding hydrogens is 336 g/mol. The van der Waals surface area contributed by atoms with E-state index in [1.807, 2.05) is 19.2 Å². The fraction of sp³-hybridized carbons (Fsp3) is 0.174. The molecule has 3 aromatic rings. The molecule has 0 aliphatic rings. The van der Waals surface area contributed by atoms with Gasteiger partial charge in [-0.3, -0.25) is 0 Å². The second-order valence-electron chi connectivity index (χ2n) is 6.23. The minimum atomic E-state index is 0.807. The largest absolute Gasteiger partial charge is 0.317 e. The smallest absolute Gasteiger partial charge is 0.190 e. The van der Waals surface area contributed by atoms with Gasteiger partial charge in [-0.05, 0) is 43.5 Å². The highest BCUT2D eigenvalue weighted by atomic mass is 32.1. The molecule has 0 aliphatic heterocycles. The van der Waals surface area contributed by atoms with Crippen molar-refractivity contribution in [1.82, 2.24) is 4.98 Å². The van der Waals surface area contributed by atoms with Crippen LogP contribution in [-0.4, -0.2) is 4.98 Å². The zero-order chi connectivity index (χ0) is 18.4. The second-order valence-corrected chi connectivity index (χ2v) is 7.24. The lowest BCUT2D eigenvalue weighted by atomic mass is 10.1. The Morgan fingerprint density at radius 3 is 2.54 bits per heavy atom. The Morgan fingerprint density at radius 2 is 1.81 bits per heavy atom. The lowest BCUT2D eigenvalue weighted by Crippen LogP contribution is -2.20. The lowest BCUT2D eigenvalue weighted by molar-refractivity contribution is 0.904. The van der Waals surface area contributed by atoms with Crippen molar-refractivity contribution in [3.05, 3.63) is 95.8 Å². The van der Waals surface area contributed by atoms with E-state index in [2.05, 4.69) is 85.5 Å². The van der Waals surface area contributed by atoms with Crippen molar-refractivity contribution in [2.24, 2.45) is 0 Å². The quantitative estimate of drug-likeness (QED) is 0.460. The van der Waals surface area contributed by atoms with Crippen molar-refractivity contribution in [3.8, 4) is 10.4 Å². The maximum absolute atomic E-state index is 4.74. The Kier molecular flexibility index (Phi) is 6.03. The van der Waals surface area contributed by atoms with Crippen molar-refractivity contribution < 1.29 is 0 Å². The van der Waals surface area contributed by atoms with Gasteiger partial charge in [-0.15, -0.1) is 0 Å². The molecular formula is C23H24N2S. The monoisotopic (exact) mass is 360 g/mol. The van der Waals surface area contributed by atoms with Gasteiger partial charge in [0.15, 0.2) is 5.13 Å². The van der Waals surface area contributed by atoms with Crippen LogP contribution in [0.1, 0.15) is 25.0 Å². The molecule has 0 spiro atoms. The van der Waals surface area contributed by atoms with Crippen molar-refractivity contribution in [3.63, 3.8) is 0 Å². The molecule has 0 saturated carbocycles. The number of benzene rings is 2. The summed E-state index contributed by atoms with van der Waals surface area (Å²) in [5.74, 6) is 0. The number of hydrogen-bond acceptors (Lipinski definition) is 3. The molecule has 0 radical (unpaired) electrons. The third-order valence-electron chi connectivity index (χ3n) is 4.27. The van der Waals surface area contributed by atoms with Crippen LogP contribution in [0.5, 0.6) is 0 Å². The lowest BCUT2D eigenvalue weighted by Gasteiger charge is -2.22. The topological polar surface area (TPSA) is 16.1 Å². The summed E-state index contributed by atoms with van der Waals surface area (Å²) < 4.78 is 0. The SMILES string of the molecule is CC=CC=C(C)N(Cc1ccccc1)c1ncc(-c2ccccc2C)s1. The van der Waals surface area contributed by atoms with Crippen LogP contribution >= 0.6 is 11.3 Å². The Balaban J connectivity index is 1.96. The number of anilines is 1. The van der Waals surface area contributed by atoms with Gasteiger partial charge in [-0.25, -0.2) is 4.98 Å². The average molecular weight is 361 g/mol. The fourth-order valence-electron chi connectivity index (χ4n) is 2.80. The van der Waals surface area contributed by atoms with E-state index in [9.17, 15) is 0 Å². The number of aryl methyl sites for hydroxylation is 1. The first-order valence-electron chi connectivity index (χ1n) is 8.82. The minimum absolute atomic E-state index is 0.807. The molecule has 3 rings (SSSR count). The number of rotatable bonds is 6. The van der Waals surface area contributed by atoms with Crippen LogP contribution in [0.15, 0.2) is 84.7 Å². The predicted octanol–water partition coefficient (Wildman–Crippen LogP) is 6.61. The Labute approximate surface area is 160 Å². The van der Waals surface area contributed by atoms with Gasteiger partial charge in [-0.2, -0.15) is 0 Å². The Bertz CT molecular complexity index is 907. The molecule has 0 fully saturated rings. The zero-order valence-corrected chi connectivity index (χ0v) is 16.3. The van der Waals surface area contributed by atoms with E-state index >= 15 is 0 Å². The molecule has 0 amide bonds. The average Bonchev–Trinajstić information content (AvgIpc) is 3.15. The van der Waals surface area contributed by atoms with Crippen molar-refractivity contribution >= 4 is 16.5 Å². The number of allylic oxidation sites excluding steroid dienone is 4. The summed E-state index contributed by atoms with van der Waals surface area (Å²) in [6, 6.07) is 19.0. The minimum Gasteiger partial charge on any atom is -0.317 e. The zero-order valence-electron chi connectivity index (χ0n) is 15.5. The number of hydrogen-bond donors (Lipinski definition) is 0. The highest BCUT2D eigenvalue weighted by molar-refractivity contribution is 7.19. The third kappa shape index (κ3) is 4.30. The second kappa shape index (κ2) is 8.63. The Hall–Kier alpha value is -2.65. The van der Waals surface area contributed by atoms with E-state index < -0.39 is 0 Å². The van der Waals surface area contributed by atoms with E-state index in [0.29, 0.717) is 0 Å². The summed E-state index contributed by atoms with van der Waals surface area (Å²) >= 11 is 1.74. The third-order valence-corrected chi connectivity index (χ3v) is 5.33. The maximum Gasteiger partial charge on any atom is 0.190 e. The Morgan fingerprint density at radius 1 is 1.08 bits per heavy atom. The highest BCUT2D eigenvalue weighted by Crippen LogP contribution is 2.34. The number of aromatic nitrogens is 1. The van der Waals surface area contributed by atoms with E-state index in [1.165, 1.54) is 27.3 Å². The highest BCUT2D eigenvalue weighted by Gasteiger charge is 2.15. The standard InChI is InChI=1S/C23H24N2S/c1-4-5-12-19(3)25(17-20-13-7-6-8-14-20)23-24-16-22(26-23)21-15-10-9-11-18(21)2/h4-16H,17H2,1-3H3. The van der Waals surface area contributed by atoms with Crippen molar-refractivity contribution in [2.75, 3.05) is 4.90 Å². The molecule has 0 bridgehead atoms. The molecule has 26 heavy (non-hydrogen) atoms. The molecule has 3 heteroatoms. The van der Waals surface area contributed by atoms with Crippen LogP contribution in [0.2, 0.25) is 0 Å². The molecule has 0 atom stereocenters. The van der Waals surface area contributed by atoms with Crippen LogP contribution in [0.4, 0.5) is 5.13 Å². The van der Waals surface area contributed by atoms with E-state index in [-0.39, 0.29) is 0 Å². The van der Waals surface area contributed by atoms with Gasteiger partial charge >= 0.3 is 0 Å². The van der Waals surface area contributed by atoms with Crippen LogP contribution in [0.25, 0.3) is 10.4 Å². The van der Waals surface area contributed by atoms with Gasteiger partial charge in [0.05, 0.1) is 11.4 Å². The fourth-order valence-corrected chi connectivity index (χ4v) is 3.86. The van der Waals surface area contributed by atoms with Gasteiger partial charge in [0.1, 0.15) is 0 Å². The first-order valence-corrected chi connectivity index (χ1v) is 9.63. The molecule has 2 nitrogen and oxygen atoms in total. The van der Waals surface area contributed by atoms with E-state index in [1.54, 1.807) is 11.3 Å². The summed E-state index contributed by atoms with van der Waals surface area (Å²) in [4.78, 5) is 8.22. The molecule has 0 unspecified atom stereocenters. The summed E-state index contributed by atoms with van der Waals surface area (Å²) in [6.07, 6.45) is 8.25. The molecule has 0 saturated heterocycles. The van der Waals surface area contributed by atoms with Crippen LogP contribution < -0.4 is 4.90 Å². The van der Waals surface area contributed by atoms with E-state index in [4.69, 9.17) is 4.98 Å². The van der Waals surface area contributed by atoms with Gasteiger partial charge in [-0.1, -0.05) is 78.1 Å². The van der Waals surface area contributed by atoms with E-state index in [0.717, 1.165) is 11.7 Å². The first-order chi connectivity index (χ1) is 12.7. The normalized spacial score (nSPS) is 11.9. The predicted molar refractivity (Wildman–Crippen MR) is 113 cm³/mol. The summed E-state index contributed by atoms with van der Waals surface area (Å²) in [5.41, 5.74) is 4.98. The van der Waals surface area contributed by atoms with Crippen LogP contribution in [0.3, 0.4) is 0 Å². The van der Waals surface area contributed by atoms with Gasteiger partial charge in [0.25, 0.3) is 0 Å². The summed E-state index contributed by atoms with van der Waals surface area (Å²) in [5, 5.41) is 1.02. The van der Waals surface area contributed by atoms with Gasteiger partial charge in [0, 0.05) is 11.9 Å². The summed E-state index contributed by atoms with van der Waals surface area (Å²) in [6.45, 7) is 7.12. The summed E-state index contributed by atoms with van der Waals surface area (Å²) in [7, 11) is 0. The molecule has 1 heterocycles. The molecule has 1 aromatic heterocycles.